The number of rotatable bonds is 6. The molecule has 1 aromatic carbocycles. The Morgan fingerprint density at radius 3 is 2.86 bits per heavy atom. The van der Waals surface area contributed by atoms with Crippen LogP contribution < -0.4 is 10.2 Å². The summed E-state index contributed by atoms with van der Waals surface area (Å²) in [7, 11) is 0. The maximum atomic E-state index is 13.9. The minimum Gasteiger partial charge on any atom is -0.480 e. The molecule has 1 aromatic rings. The van der Waals surface area contributed by atoms with Crippen LogP contribution in [0.1, 0.15) is 32.6 Å². The van der Waals surface area contributed by atoms with Crippen LogP contribution in [0.4, 0.5) is 10.1 Å². The average Bonchev–Trinajstić information content (AvgIpc) is 2.49. The molecule has 22 heavy (non-hydrogen) atoms. The van der Waals surface area contributed by atoms with Crippen LogP contribution in [0.2, 0.25) is 0 Å². The molecule has 2 atom stereocenters. The Balaban J connectivity index is 2.13. The quantitative estimate of drug-likeness (QED) is 0.845. The van der Waals surface area contributed by atoms with Crippen LogP contribution in [0.5, 0.6) is 0 Å². The van der Waals surface area contributed by atoms with Crippen LogP contribution in [-0.2, 0) is 9.59 Å². The Hall–Kier alpha value is -1.95. The highest BCUT2D eigenvalue weighted by Crippen LogP contribution is 2.24. The topological polar surface area (TPSA) is 69.6 Å². The maximum Gasteiger partial charge on any atom is 0.320 e. The van der Waals surface area contributed by atoms with E-state index in [0.717, 1.165) is 0 Å². The molecule has 5 nitrogen and oxygen atoms in total. The van der Waals surface area contributed by atoms with E-state index in [1.54, 1.807) is 18.2 Å². The molecular weight excluding hydrogens is 287 g/mol. The number of anilines is 1. The highest BCUT2D eigenvalue weighted by Gasteiger charge is 2.33. The first-order chi connectivity index (χ1) is 10.5. The number of piperidine rings is 1. The van der Waals surface area contributed by atoms with Gasteiger partial charge in [-0.3, -0.25) is 14.9 Å². The molecule has 0 radical (unpaired) electrons. The van der Waals surface area contributed by atoms with Crippen LogP contribution in [0.3, 0.4) is 0 Å². The number of nitrogens with one attached hydrogen (secondary N) is 1. The van der Waals surface area contributed by atoms with Crippen molar-refractivity contribution in [2.24, 2.45) is 0 Å². The van der Waals surface area contributed by atoms with Gasteiger partial charge >= 0.3 is 5.97 Å². The fourth-order valence-electron chi connectivity index (χ4n) is 2.75. The van der Waals surface area contributed by atoms with E-state index in [-0.39, 0.29) is 11.6 Å². The van der Waals surface area contributed by atoms with Gasteiger partial charge in [0.2, 0.25) is 5.91 Å². The molecule has 2 N–H and O–H groups in total. The van der Waals surface area contributed by atoms with Gasteiger partial charge in [0.1, 0.15) is 11.9 Å². The fourth-order valence-corrected chi connectivity index (χ4v) is 2.75. The van der Waals surface area contributed by atoms with E-state index < -0.39 is 23.9 Å². The number of carboxylic acid groups (broad SMARTS) is 1. The molecule has 1 amide bonds. The van der Waals surface area contributed by atoms with Gasteiger partial charge in [0.25, 0.3) is 0 Å². The third-order valence-electron chi connectivity index (χ3n) is 3.86. The van der Waals surface area contributed by atoms with Crippen LogP contribution in [0.25, 0.3) is 0 Å². The molecule has 0 aliphatic carbocycles. The third-order valence-corrected chi connectivity index (χ3v) is 3.86. The Labute approximate surface area is 129 Å². The summed E-state index contributed by atoms with van der Waals surface area (Å²) in [5, 5.41) is 12.1. The van der Waals surface area contributed by atoms with Gasteiger partial charge in [-0.15, -0.1) is 0 Å². The monoisotopic (exact) mass is 308 g/mol. The molecule has 2 unspecified atom stereocenters. The van der Waals surface area contributed by atoms with E-state index in [0.29, 0.717) is 32.2 Å². The minimum atomic E-state index is -0.960. The van der Waals surface area contributed by atoms with Crippen molar-refractivity contribution >= 4 is 17.6 Å². The van der Waals surface area contributed by atoms with E-state index in [2.05, 4.69) is 5.32 Å². The summed E-state index contributed by atoms with van der Waals surface area (Å²) in [4.78, 5) is 25.2. The molecule has 1 fully saturated rings. The van der Waals surface area contributed by atoms with Gasteiger partial charge in [-0.25, -0.2) is 4.39 Å². The normalized spacial score (nSPS) is 20.0. The molecule has 120 valence electrons. The summed E-state index contributed by atoms with van der Waals surface area (Å²) >= 11 is 0. The lowest BCUT2D eigenvalue weighted by atomic mass is 10.0. The van der Waals surface area contributed by atoms with Gasteiger partial charge in [0.15, 0.2) is 0 Å². The van der Waals surface area contributed by atoms with Crippen molar-refractivity contribution in [2.75, 3.05) is 11.4 Å². The van der Waals surface area contributed by atoms with E-state index in [1.165, 1.54) is 11.0 Å². The lowest BCUT2D eigenvalue weighted by molar-refractivity contribution is -0.140. The summed E-state index contributed by atoms with van der Waals surface area (Å²) < 4.78 is 13.9. The molecule has 0 saturated carbocycles. The first-order valence-electron chi connectivity index (χ1n) is 7.59. The van der Waals surface area contributed by atoms with Crippen molar-refractivity contribution in [3.63, 3.8) is 0 Å². The number of carbonyl (C=O) groups excluding carboxylic acids is 1. The number of carboxylic acids is 1. The van der Waals surface area contributed by atoms with Gasteiger partial charge in [0, 0.05) is 6.54 Å². The average molecular weight is 308 g/mol. The zero-order chi connectivity index (χ0) is 16.1. The lowest BCUT2D eigenvalue weighted by Gasteiger charge is -2.34. The molecule has 6 heteroatoms. The molecule has 1 aliphatic rings. The number of benzene rings is 1. The van der Waals surface area contributed by atoms with Gasteiger partial charge in [-0.1, -0.05) is 25.5 Å². The first-order valence-corrected chi connectivity index (χ1v) is 7.59. The Morgan fingerprint density at radius 1 is 1.50 bits per heavy atom. The second kappa shape index (κ2) is 7.35. The second-order valence-electron chi connectivity index (χ2n) is 5.48. The SMILES string of the molecule is CCCC(NC1CCCN(c2ccccc2F)C1=O)C(=O)O. The molecule has 1 heterocycles. The lowest BCUT2D eigenvalue weighted by Crippen LogP contribution is -2.55. The van der Waals surface area contributed by atoms with Crippen molar-refractivity contribution in [1.82, 2.24) is 5.32 Å². The number of hydrogen-bond acceptors (Lipinski definition) is 3. The summed E-state index contributed by atoms with van der Waals surface area (Å²) in [6.07, 6.45) is 2.44. The van der Waals surface area contributed by atoms with Crippen molar-refractivity contribution < 1.29 is 19.1 Å². The van der Waals surface area contributed by atoms with Gasteiger partial charge < -0.3 is 10.0 Å². The fraction of sp³-hybridized carbons (Fsp3) is 0.500. The van der Waals surface area contributed by atoms with Gasteiger partial charge in [0.05, 0.1) is 11.7 Å². The number of aliphatic carboxylic acids is 1. The minimum absolute atomic E-state index is 0.251. The first kappa shape index (κ1) is 16.4. The van der Waals surface area contributed by atoms with Crippen LogP contribution in [0, 0.1) is 5.82 Å². The number of hydrogen-bond donors (Lipinski definition) is 2. The largest absolute Gasteiger partial charge is 0.480 e. The summed E-state index contributed by atoms with van der Waals surface area (Å²) in [5.41, 5.74) is 0.251. The summed E-state index contributed by atoms with van der Waals surface area (Å²) in [6.45, 7) is 2.34. The number of para-hydroxylation sites is 1. The molecule has 0 bridgehead atoms. The van der Waals surface area contributed by atoms with E-state index in [4.69, 9.17) is 0 Å². The number of nitrogens with zero attached hydrogens (tertiary/aromatic N) is 1. The molecule has 0 aromatic heterocycles. The predicted molar refractivity (Wildman–Crippen MR) is 81.2 cm³/mol. The molecule has 1 saturated heterocycles. The molecule has 1 aliphatic heterocycles. The van der Waals surface area contributed by atoms with Crippen molar-refractivity contribution in [3.8, 4) is 0 Å². The zero-order valence-corrected chi connectivity index (χ0v) is 12.6. The number of halogens is 1. The van der Waals surface area contributed by atoms with Crippen LogP contribution >= 0.6 is 0 Å². The second-order valence-corrected chi connectivity index (χ2v) is 5.48. The van der Waals surface area contributed by atoms with E-state index in [9.17, 15) is 19.1 Å². The highest BCUT2D eigenvalue weighted by atomic mass is 19.1. The standard InChI is InChI=1S/C16H21FN2O3/c1-2-6-13(16(21)22)18-12-8-5-10-19(15(12)20)14-9-4-3-7-11(14)17/h3-4,7,9,12-13,18H,2,5-6,8,10H2,1H3,(H,21,22). The van der Waals surface area contributed by atoms with Crippen molar-refractivity contribution in [2.45, 2.75) is 44.7 Å². The molecule has 0 spiro atoms. The van der Waals surface area contributed by atoms with Crippen LogP contribution in [-0.4, -0.2) is 35.6 Å². The highest BCUT2D eigenvalue weighted by molar-refractivity contribution is 5.98. The predicted octanol–water partition coefficient (Wildman–Crippen LogP) is 2.16. The zero-order valence-electron chi connectivity index (χ0n) is 12.6. The van der Waals surface area contributed by atoms with E-state index in [1.807, 2.05) is 6.92 Å². The smallest absolute Gasteiger partial charge is 0.320 e. The van der Waals surface area contributed by atoms with Gasteiger partial charge in [-0.2, -0.15) is 0 Å². The number of amides is 1. The Morgan fingerprint density at radius 2 is 2.23 bits per heavy atom. The molecule has 2 rings (SSSR count). The Kier molecular flexibility index (Phi) is 5.49. The molecular formula is C16H21FN2O3. The van der Waals surface area contributed by atoms with Crippen molar-refractivity contribution in [3.05, 3.63) is 30.1 Å². The summed E-state index contributed by atoms with van der Waals surface area (Å²) in [6, 6.07) is 4.80. The third kappa shape index (κ3) is 3.62. The van der Waals surface area contributed by atoms with E-state index >= 15 is 0 Å². The number of carbonyl (C=O) groups is 2. The van der Waals surface area contributed by atoms with Crippen LogP contribution in [0.15, 0.2) is 24.3 Å². The van der Waals surface area contributed by atoms with Gasteiger partial charge in [-0.05, 0) is 31.4 Å². The van der Waals surface area contributed by atoms with Crippen molar-refractivity contribution in [1.29, 1.82) is 0 Å². The maximum absolute atomic E-state index is 13.9. The Bertz CT molecular complexity index is 550. The summed E-state index contributed by atoms with van der Waals surface area (Å²) in [5.74, 6) is -1.67.